The number of fused-ring (bicyclic) bond motifs is 1. The van der Waals surface area contributed by atoms with Gasteiger partial charge in [-0.05, 0) is 17.7 Å². The summed E-state index contributed by atoms with van der Waals surface area (Å²) in [6, 6.07) is 16.0. The molecule has 5 rings (SSSR count). The van der Waals surface area contributed by atoms with Crippen LogP contribution in [0.4, 0.5) is 0 Å². The first kappa shape index (κ1) is 19.6. The summed E-state index contributed by atoms with van der Waals surface area (Å²) in [5.41, 5.74) is 2.08. The summed E-state index contributed by atoms with van der Waals surface area (Å²) >= 11 is 1.53. The molecule has 0 N–H and O–H groups in total. The normalized spacial score (nSPS) is 12.6. The van der Waals surface area contributed by atoms with E-state index in [0.717, 1.165) is 33.6 Å². The Hall–Kier alpha value is -3.33. The Morgan fingerprint density at radius 2 is 1.87 bits per heavy atom. The summed E-state index contributed by atoms with van der Waals surface area (Å²) in [6.45, 7) is 4.90. The molecule has 0 radical (unpaired) electrons. The summed E-state index contributed by atoms with van der Waals surface area (Å²) in [5, 5.41) is 13.8. The fourth-order valence-electron chi connectivity index (χ4n) is 3.25. The molecule has 0 amide bonds. The molecule has 158 valence electrons. The van der Waals surface area contributed by atoms with Gasteiger partial charge in [0.1, 0.15) is 0 Å². The molecule has 0 bridgehead atoms. The van der Waals surface area contributed by atoms with Crippen molar-refractivity contribution < 1.29 is 14.0 Å². The topological polar surface area (TPSA) is 88.1 Å². The highest BCUT2D eigenvalue weighted by Gasteiger charge is 2.19. The van der Waals surface area contributed by atoms with E-state index < -0.39 is 0 Å². The van der Waals surface area contributed by atoms with Crippen LogP contribution in [0, 0.1) is 0 Å². The number of hydrogen-bond acceptors (Lipinski definition) is 8. The number of thioether (sulfide) groups is 1. The predicted molar refractivity (Wildman–Crippen MR) is 115 cm³/mol. The predicted octanol–water partition coefficient (Wildman–Crippen LogP) is 4.52. The maximum atomic E-state index is 5.54. The van der Waals surface area contributed by atoms with E-state index in [4.69, 9.17) is 14.0 Å². The van der Waals surface area contributed by atoms with Crippen molar-refractivity contribution in [2.75, 3.05) is 6.79 Å². The number of rotatable bonds is 7. The minimum Gasteiger partial charge on any atom is -0.454 e. The molecule has 0 saturated heterocycles. The van der Waals surface area contributed by atoms with E-state index in [2.05, 4.69) is 24.9 Å². The first-order valence-corrected chi connectivity index (χ1v) is 11.0. The maximum absolute atomic E-state index is 5.54. The highest BCUT2D eigenvalue weighted by molar-refractivity contribution is 7.98. The molecule has 8 nitrogen and oxygen atoms in total. The van der Waals surface area contributed by atoms with E-state index >= 15 is 0 Å². The minimum absolute atomic E-state index is 0.200. The van der Waals surface area contributed by atoms with Crippen LogP contribution in [-0.2, 0) is 12.3 Å². The van der Waals surface area contributed by atoms with Crippen molar-refractivity contribution in [3.05, 3.63) is 65.8 Å². The van der Waals surface area contributed by atoms with Crippen LogP contribution in [0.5, 0.6) is 11.5 Å². The summed E-state index contributed by atoms with van der Waals surface area (Å²) < 4.78 is 18.4. The zero-order valence-corrected chi connectivity index (χ0v) is 18.0. The molecule has 4 aromatic rings. The van der Waals surface area contributed by atoms with Gasteiger partial charge in [-0.15, -0.1) is 10.2 Å². The number of benzene rings is 2. The summed E-state index contributed by atoms with van der Waals surface area (Å²) in [5.74, 6) is 4.36. The molecular weight excluding hydrogens is 414 g/mol. The summed E-state index contributed by atoms with van der Waals surface area (Å²) in [7, 11) is 0. The second-order valence-electron chi connectivity index (χ2n) is 7.44. The van der Waals surface area contributed by atoms with Gasteiger partial charge in [-0.1, -0.05) is 67.2 Å². The van der Waals surface area contributed by atoms with Gasteiger partial charge in [-0.3, -0.25) is 4.57 Å². The van der Waals surface area contributed by atoms with E-state index in [1.807, 2.05) is 62.4 Å². The Bertz CT molecular complexity index is 1190. The molecular formula is C22H21N5O3S. The largest absolute Gasteiger partial charge is 0.454 e. The first-order chi connectivity index (χ1) is 15.2. The van der Waals surface area contributed by atoms with Crippen molar-refractivity contribution in [3.63, 3.8) is 0 Å². The van der Waals surface area contributed by atoms with Crippen molar-refractivity contribution in [3.8, 4) is 22.9 Å². The van der Waals surface area contributed by atoms with Gasteiger partial charge in [0.15, 0.2) is 28.3 Å². The van der Waals surface area contributed by atoms with Crippen LogP contribution in [0.15, 0.2) is 58.2 Å². The van der Waals surface area contributed by atoms with E-state index in [1.54, 1.807) is 0 Å². The number of aromatic nitrogens is 5. The molecule has 1 aliphatic rings. The Balaban J connectivity index is 1.44. The first-order valence-electron chi connectivity index (χ1n) is 10.00. The third kappa shape index (κ3) is 4.13. The van der Waals surface area contributed by atoms with E-state index in [-0.39, 0.29) is 12.7 Å². The van der Waals surface area contributed by atoms with Crippen LogP contribution >= 0.6 is 11.8 Å². The van der Waals surface area contributed by atoms with Crippen LogP contribution in [0.2, 0.25) is 0 Å². The lowest BCUT2D eigenvalue weighted by atomic mass is 10.2. The molecule has 0 aliphatic carbocycles. The molecule has 0 atom stereocenters. The lowest BCUT2D eigenvalue weighted by molar-refractivity contribution is 0.174. The van der Waals surface area contributed by atoms with Gasteiger partial charge in [0.25, 0.3) is 0 Å². The summed E-state index contributed by atoms with van der Waals surface area (Å²) in [4.78, 5) is 4.46. The summed E-state index contributed by atoms with van der Waals surface area (Å²) in [6.07, 6.45) is 0. The van der Waals surface area contributed by atoms with Crippen molar-refractivity contribution >= 4 is 11.8 Å². The number of hydrogen-bond donors (Lipinski definition) is 0. The van der Waals surface area contributed by atoms with Crippen molar-refractivity contribution in [2.45, 2.75) is 37.2 Å². The Morgan fingerprint density at radius 3 is 2.68 bits per heavy atom. The molecule has 0 saturated carbocycles. The lowest BCUT2D eigenvalue weighted by Gasteiger charge is -2.11. The third-order valence-corrected chi connectivity index (χ3v) is 5.80. The monoisotopic (exact) mass is 435 g/mol. The zero-order chi connectivity index (χ0) is 21.2. The molecule has 0 fully saturated rings. The molecule has 31 heavy (non-hydrogen) atoms. The highest BCUT2D eigenvalue weighted by atomic mass is 32.2. The zero-order valence-electron chi connectivity index (χ0n) is 17.2. The molecule has 1 aliphatic heterocycles. The molecule has 9 heteroatoms. The van der Waals surface area contributed by atoms with Crippen LogP contribution in [0.1, 0.15) is 37.0 Å². The second kappa shape index (κ2) is 8.43. The van der Waals surface area contributed by atoms with E-state index in [9.17, 15) is 0 Å². The quantitative estimate of drug-likeness (QED) is 0.392. The molecule has 0 spiro atoms. The van der Waals surface area contributed by atoms with Gasteiger partial charge >= 0.3 is 0 Å². The van der Waals surface area contributed by atoms with Crippen LogP contribution in [-0.4, -0.2) is 31.7 Å². The van der Waals surface area contributed by atoms with Gasteiger partial charge < -0.3 is 14.0 Å². The van der Waals surface area contributed by atoms with Gasteiger partial charge in [-0.25, -0.2) is 0 Å². The van der Waals surface area contributed by atoms with Crippen molar-refractivity contribution in [2.24, 2.45) is 0 Å². The van der Waals surface area contributed by atoms with E-state index in [1.165, 1.54) is 11.8 Å². The Labute approximate surface area is 183 Å². The average Bonchev–Trinajstić information content (AvgIpc) is 3.52. The van der Waals surface area contributed by atoms with Gasteiger partial charge in [-0.2, -0.15) is 4.98 Å². The Kier molecular flexibility index (Phi) is 5.33. The molecule has 2 aromatic heterocycles. The number of nitrogens with zero attached hydrogens (tertiary/aromatic N) is 5. The van der Waals surface area contributed by atoms with Gasteiger partial charge in [0.05, 0.1) is 12.3 Å². The van der Waals surface area contributed by atoms with Gasteiger partial charge in [0.2, 0.25) is 12.7 Å². The number of ether oxygens (including phenoxy) is 2. The molecule has 0 unspecified atom stereocenters. The Morgan fingerprint density at radius 1 is 1.03 bits per heavy atom. The van der Waals surface area contributed by atoms with Crippen LogP contribution < -0.4 is 9.47 Å². The highest BCUT2D eigenvalue weighted by Crippen LogP contribution is 2.34. The molecule has 2 aromatic carbocycles. The fraction of sp³-hybridized carbons (Fsp3) is 0.273. The minimum atomic E-state index is 0.200. The van der Waals surface area contributed by atoms with Crippen LogP contribution in [0.3, 0.4) is 0 Å². The third-order valence-electron chi connectivity index (χ3n) is 4.83. The second-order valence-corrected chi connectivity index (χ2v) is 8.38. The maximum Gasteiger partial charge on any atom is 0.231 e. The van der Waals surface area contributed by atoms with Crippen molar-refractivity contribution in [1.29, 1.82) is 0 Å². The SMILES string of the molecule is CC(C)c1nc(CSc2nnc(-c3ccccc3)n2Cc2ccc3c(c2)OCO3)no1. The fourth-order valence-corrected chi connectivity index (χ4v) is 4.03. The lowest BCUT2D eigenvalue weighted by Crippen LogP contribution is -2.04. The van der Waals surface area contributed by atoms with E-state index in [0.29, 0.717) is 24.0 Å². The average molecular weight is 436 g/mol. The van der Waals surface area contributed by atoms with Crippen LogP contribution in [0.25, 0.3) is 11.4 Å². The molecule has 3 heterocycles. The van der Waals surface area contributed by atoms with Gasteiger partial charge in [0, 0.05) is 11.5 Å². The standard InChI is InChI=1S/C22H21N5O3S/c1-14(2)21-23-19(26-30-21)12-31-22-25-24-20(16-6-4-3-5-7-16)27(22)11-15-8-9-17-18(10-15)29-13-28-17/h3-10,14H,11-13H2,1-2H3. The van der Waals surface area contributed by atoms with Crippen molar-refractivity contribution in [1.82, 2.24) is 24.9 Å². The smallest absolute Gasteiger partial charge is 0.231 e.